The van der Waals surface area contributed by atoms with Crippen molar-refractivity contribution in [3.63, 3.8) is 0 Å². The molecule has 0 radical (unpaired) electrons. The van der Waals surface area contributed by atoms with E-state index in [1.54, 1.807) is 0 Å². The average Bonchev–Trinajstić information content (AvgIpc) is 2.69. The summed E-state index contributed by atoms with van der Waals surface area (Å²) in [4.78, 5) is 0. The van der Waals surface area contributed by atoms with E-state index in [2.05, 4.69) is 24.4 Å². The number of aryl methyl sites for hydroxylation is 1. The second-order valence-corrected chi connectivity index (χ2v) is 4.56. The van der Waals surface area contributed by atoms with Crippen LogP contribution in [-0.2, 0) is 6.54 Å². The molecule has 0 amide bonds. The van der Waals surface area contributed by atoms with Gasteiger partial charge in [-0.1, -0.05) is 25.0 Å². The van der Waals surface area contributed by atoms with E-state index in [9.17, 15) is 0 Å². The van der Waals surface area contributed by atoms with Crippen LogP contribution in [0, 0.1) is 6.92 Å². The summed E-state index contributed by atoms with van der Waals surface area (Å²) in [7, 11) is 0. The SMILES string of the molecule is Cc1ccc(CNC2CCCC2)c(N)c1. The molecule has 0 aromatic heterocycles. The minimum Gasteiger partial charge on any atom is -0.398 e. The molecule has 2 nitrogen and oxygen atoms in total. The zero-order valence-electron chi connectivity index (χ0n) is 9.42. The lowest BCUT2D eigenvalue weighted by molar-refractivity contribution is 0.525. The molecule has 3 N–H and O–H groups in total. The van der Waals surface area contributed by atoms with Gasteiger partial charge in [-0.05, 0) is 37.0 Å². The van der Waals surface area contributed by atoms with Crippen molar-refractivity contribution in [2.24, 2.45) is 0 Å². The lowest BCUT2D eigenvalue weighted by Crippen LogP contribution is -2.25. The zero-order valence-corrected chi connectivity index (χ0v) is 9.42. The Balaban J connectivity index is 1.92. The Labute approximate surface area is 91.9 Å². The van der Waals surface area contributed by atoms with Crippen molar-refractivity contribution in [3.05, 3.63) is 29.3 Å². The van der Waals surface area contributed by atoms with Crippen molar-refractivity contribution in [1.82, 2.24) is 5.32 Å². The highest BCUT2D eigenvalue weighted by Crippen LogP contribution is 2.19. The van der Waals surface area contributed by atoms with Crippen LogP contribution in [0.1, 0.15) is 36.8 Å². The molecule has 15 heavy (non-hydrogen) atoms. The molecule has 1 aliphatic carbocycles. The van der Waals surface area contributed by atoms with Crippen LogP contribution in [0.2, 0.25) is 0 Å². The minimum absolute atomic E-state index is 0.714. The van der Waals surface area contributed by atoms with Gasteiger partial charge in [0.15, 0.2) is 0 Å². The van der Waals surface area contributed by atoms with Crippen LogP contribution < -0.4 is 11.1 Å². The molecule has 1 aromatic rings. The van der Waals surface area contributed by atoms with Crippen molar-refractivity contribution in [3.8, 4) is 0 Å². The Morgan fingerprint density at radius 3 is 2.73 bits per heavy atom. The Bertz CT molecular complexity index is 327. The molecular formula is C13H20N2. The summed E-state index contributed by atoms with van der Waals surface area (Å²) < 4.78 is 0. The molecule has 0 atom stereocenters. The summed E-state index contributed by atoms with van der Waals surface area (Å²) in [5.74, 6) is 0. The van der Waals surface area contributed by atoms with Crippen LogP contribution in [0.25, 0.3) is 0 Å². The fraction of sp³-hybridized carbons (Fsp3) is 0.538. The van der Waals surface area contributed by atoms with Crippen molar-refractivity contribution in [2.75, 3.05) is 5.73 Å². The molecule has 1 saturated carbocycles. The van der Waals surface area contributed by atoms with Gasteiger partial charge in [0.1, 0.15) is 0 Å². The number of nitrogen functional groups attached to an aromatic ring is 1. The monoisotopic (exact) mass is 204 g/mol. The van der Waals surface area contributed by atoms with Crippen LogP contribution in [0.15, 0.2) is 18.2 Å². The largest absolute Gasteiger partial charge is 0.398 e. The lowest BCUT2D eigenvalue weighted by Gasteiger charge is -2.13. The third-order valence-electron chi connectivity index (χ3n) is 3.24. The topological polar surface area (TPSA) is 38.0 Å². The summed E-state index contributed by atoms with van der Waals surface area (Å²) in [6.07, 6.45) is 5.40. The number of hydrogen-bond acceptors (Lipinski definition) is 2. The number of nitrogens with one attached hydrogen (secondary N) is 1. The molecule has 0 unspecified atom stereocenters. The van der Waals surface area contributed by atoms with Crippen molar-refractivity contribution in [1.29, 1.82) is 0 Å². The van der Waals surface area contributed by atoms with E-state index in [1.807, 2.05) is 6.07 Å². The Morgan fingerprint density at radius 1 is 1.33 bits per heavy atom. The van der Waals surface area contributed by atoms with Gasteiger partial charge < -0.3 is 11.1 Å². The first kappa shape index (κ1) is 10.5. The maximum atomic E-state index is 5.97. The first-order valence-electron chi connectivity index (χ1n) is 5.84. The van der Waals surface area contributed by atoms with Gasteiger partial charge >= 0.3 is 0 Å². The van der Waals surface area contributed by atoms with E-state index in [0.29, 0.717) is 6.04 Å². The highest BCUT2D eigenvalue weighted by Gasteiger charge is 2.14. The van der Waals surface area contributed by atoms with Crippen molar-refractivity contribution in [2.45, 2.75) is 45.2 Å². The summed E-state index contributed by atoms with van der Waals surface area (Å²) in [6, 6.07) is 7.02. The number of benzene rings is 1. The van der Waals surface area contributed by atoms with Gasteiger partial charge in [0.05, 0.1) is 0 Å². The standard InChI is InChI=1S/C13H20N2/c1-10-6-7-11(13(14)8-10)9-15-12-4-2-3-5-12/h6-8,12,15H,2-5,9,14H2,1H3. The molecule has 0 heterocycles. The van der Waals surface area contributed by atoms with E-state index < -0.39 is 0 Å². The summed E-state index contributed by atoms with van der Waals surface area (Å²) >= 11 is 0. The fourth-order valence-corrected chi connectivity index (χ4v) is 2.26. The molecule has 0 bridgehead atoms. The van der Waals surface area contributed by atoms with Gasteiger partial charge in [-0.25, -0.2) is 0 Å². The van der Waals surface area contributed by atoms with Gasteiger partial charge in [-0.3, -0.25) is 0 Å². The predicted molar refractivity (Wildman–Crippen MR) is 64.7 cm³/mol. The highest BCUT2D eigenvalue weighted by molar-refractivity contribution is 5.48. The second kappa shape index (κ2) is 4.67. The minimum atomic E-state index is 0.714. The second-order valence-electron chi connectivity index (χ2n) is 4.56. The van der Waals surface area contributed by atoms with Crippen LogP contribution in [0.5, 0.6) is 0 Å². The van der Waals surface area contributed by atoms with E-state index >= 15 is 0 Å². The molecule has 0 aliphatic heterocycles. The van der Waals surface area contributed by atoms with Crippen LogP contribution >= 0.6 is 0 Å². The molecular weight excluding hydrogens is 184 g/mol. The van der Waals surface area contributed by atoms with Gasteiger partial charge in [0.2, 0.25) is 0 Å². The van der Waals surface area contributed by atoms with Crippen LogP contribution in [-0.4, -0.2) is 6.04 Å². The maximum absolute atomic E-state index is 5.97. The van der Waals surface area contributed by atoms with Crippen molar-refractivity contribution < 1.29 is 0 Å². The summed E-state index contributed by atoms with van der Waals surface area (Å²) in [6.45, 7) is 2.99. The smallest absolute Gasteiger partial charge is 0.0362 e. The fourth-order valence-electron chi connectivity index (χ4n) is 2.26. The average molecular weight is 204 g/mol. The van der Waals surface area contributed by atoms with Gasteiger partial charge in [-0.2, -0.15) is 0 Å². The molecule has 1 aromatic carbocycles. The molecule has 1 fully saturated rings. The zero-order chi connectivity index (χ0) is 10.7. The summed E-state index contributed by atoms with van der Waals surface area (Å²) in [5.41, 5.74) is 9.35. The van der Waals surface area contributed by atoms with Gasteiger partial charge in [0.25, 0.3) is 0 Å². The molecule has 82 valence electrons. The number of rotatable bonds is 3. The first-order chi connectivity index (χ1) is 7.25. The molecule has 2 rings (SSSR count). The van der Waals surface area contributed by atoms with Crippen LogP contribution in [0.4, 0.5) is 5.69 Å². The van der Waals surface area contributed by atoms with Gasteiger partial charge in [-0.15, -0.1) is 0 Å². The molecule has 0 saturated heterocycles. The van der Waals surface area contributed by atoms with Gasteiger partial charge in [0, 0.05) is 18.3 Å². The number of nitrogens with two attached hydrogens (primary N) is 1. The van der Waals surface area contributed by atoms with E-state index in [0.717, 1.165) is 12.2 Å². The third-order valence-corrected chi connectivity index (χ3v) is 3.24. The number of anilines is 1. The Morgan fingerprint density at radius 2 is 2.07 bits per heavy atom. The van der Waals surface area contributed by atoms with Crippen molar-refractivity contribution >= 4 is 5.69 Å². The molecule has 2 heteroatoms. The van der Waals surface area contributed by atoms with Crippen LogP contribution in [0.3, 0.4) is 0 Å². The first-order valence-corrected chi connectivity index (χ1v) is 5.84. The number of hydrogen-bond donors (Lipinski definition) is 2. The molecule has 0 spiro atoms. The highest BCUT2D eigenvalue weighted by atomic mass is 14.9. The normalized spacial score (nSPS) is 17.1. The Kier molecular flexibility index (Phi) is 3.27. The Hall–Kier alpha value is -1.02. The predicted octanol–water partition coefficient (Wildman–Crippen LogP) is 2.61. The molecule has 1 aliphatic rings. The van der Waals surface area contributed by atoms with E-state index in [-0.39, 0.29) is 0 Å². The quantitative estimate of drug-likeness (QED) is 0.743. The maximum Gasteiger partial charge on any atom is 0.0362 e. The third kappa shape index (κ3) is 2.72. The van der Waals surface area contributed by atoms with E-state index in [1.165, 1.54) is 36.8 Å². The van der Waals surface area contributed by atoms with E-state index in [4.69, 9.17) is 5.73 Å². The lowest BCUT2D eigenvalue weighted by atomic mass is 10.1. The summed E-state index contributed by atoms with van der Waals surface area (Å²) in [5, 5.41) is 3.58.